The van der Waals surface area contributed by atoms with E-state index in [4.69, 9.17) is 9.47 Å². The Kier molecular flexibility index (Phi) is 4.22. The molecule has 5 heteroatoms. The molecule has 1 unspecified atom stereocenters. The van der Waals surface area contributed by atoms with Gasteiger partial charge in [-0.25, -0.2) is 0 Å². The molecule has 0 radical (unpaired) electrons. The number of halogens is 2. The SMILES string of the molecule is O=C1CC(Br)(OCCCBr)c2ccccc2O1. The summed E-state index contributed by atoms with van der Waals surface area (Å²) in [4.78, 5) is 11.5. The lowest BCUT2D eigenvalue weighted by molar-refractivity contribution is -0.141. The maximum atomic E-state index is 11.5. The molecule has 0 amide bonds. The maximum Gasteiger partial charge on any atom is 0.315 e. The smallest absolute Gasteiger partial charge is 0.315 e. The Labute approximate surface area is 117 Å². The van der Waals surface area contributed by atoms with Crippen molar-refractivity contribution in [3.05, 3.63) is 29.8 Å². The molecule has 0 fully saturated rings. The number of para-hydroxylation sites is 1. The van der Waals surface area contributed by atoms with Crippen LogP contribution in [0.4, 0.5) is 0 Å². The fourth-order valence-electron chi connectivity index (χ4n) is 1.72. The molecule has 1 aromatic carbocycles. The normalized spacial score (nSPS) is 23.1. The van der Waals surface area contributed by atoms with E-state index in [9.17, 15) is 4.79 Å². The van der Waals surface area contributed by atoms with E-state index in [2.05, 4.69) is 31.9 Å². The van der Waals surface area contributed by atoms with Crippen molar-refractivity contribution in [2.45, 2.75) is 17.4 Å². The van der Waals surface area contributed by atoms with Gasteiger partial charge in [-0.15, -0.1) is 0 Å². The Hall–Kier alpha value is -0.390. The number of hydrogen-bond donors (Lipinski definition) is 0. The predicted molar refractivity (Wildman–Crippen MR) is 71.7 cm³/mol. The van der Waals surface area contributed by atoms with Gasteiger partial charge < -0.3 is 9.47 Å². The van der Waals surface area contributed by atoms with Crippen LogP contribution in [0.15, 0.2) is 24.3 Å². The summed E-state index contributed by atoms with van der Waals surface area (Å²) >= 11 is 6.88. The van der Waals surface area contributed by atoms with Crippen LogP contribution in [-0.4, -0.2) is 17.9 Å². The first-order chi connectivity index (χ1) is 8.15. The van der Waals surface area contributed by atoms with E-state index >= 15 is 0 Å². The zero-order valence-electron chi connectivity index (χ0n) is 9.12. The van der Waals surface area contributed by atoms with Crippen molar-refractivity contribution in [2.24, 2.45) is 0 Å². The Balaban J connectivity index is 2.24. The molecular formula is C12H12Br2O3. The number of esters is 1. The number of carbonyl (C=O) groups is 1. The monoisotopic (exact) mass is 362 g/mol. The highest BCUT2D eigenvalue weighted by molar-refractivity contribution is 9.09. The van der Waals surface area contributed by atoms with E-state index in [0.29, 0.717) is 12.4 Å². The average Bonchev–Trinajstić information content (AvgIpc) is 2.29. The summed E-state index contributed by atoms with van der Waals surface area (Å²) in [7, 11) is 0. The highest BCUT2D eigenvalue weighted by atomic mass is 79.9. The molecule has 0 aliphatic carbocycles. The number of carbonyl (C=O) groups excluding carboxylic acids is 1. The predicted octanol–water partition coefficient (Wildman–Crippen LogP) is 3.35. The van der Waals surface area contributed by atoms with Gasteiger partial charge in [-0.3, -0.25) is 4.79 Å². The summed E-state index contributed by atoms with van der Waals surface area (Å²) in [5.74, 6) is 0.291. The third kappa shape index (κ3) is 2.89. The van der Waals surface area contributed by atoms with E-state index in [1.807, 2.05) is 18.2 Å². The maximum absolute atomic E-state index is 11.5. The molecule has 1 aliphatic rings. The Morgan fingerprint density at radius 3 is 2.94 bits per heavy atom. The number of hydrogen-bond acceptors (Lipinski definition) is 3. The molecule has 0 aromatic heterocycles. The minimum absolute atomic E-state index is 0.187. The lowest BCUT2D eigenvalue weighted by Gasteiger charge is -2.32. The summed E-state index contributed by atoms with van der Waals surface area (Å²) in [5, 5.41) is 0.877. The number of fused-ring (bicyclic) bond motifs is 1. The highest BCUT2D eigenvalue weighted by Gasteiger charge is 2.40. The van der Waals surface area contributed by atoms with Gasteiger partial charge in [0, 0.05) is 17.5 Å². The second kappa shape index (κ2) is 5.50. The van der Waals surface area contributed by atoms with Gasteiger partial charge in [-0.2, -0.15) is 0 Å². The first kappa shape index (κ1) is 13.1. The van der Waals surface area contributed by atoms with Crippen molar-refractivity contribution in [2.75, 3.05) is 11.9 Å². The van der Waals surface area contributed by atoms with E-state index in [1.54, 1.807) is 6.07 Å². The van der Waals surface area contributed by atoms with Gasteiger partial charge in [0.15, 0.2) is 4.51 Å². The largest absolute Gasteiger partial charge is 0.426 e. The molecule has 1 atom stereocenters. The minimum atomic E-state index is -0.749. The van der Waals surface area contributed by atoms with Gasteiger partial charge >= 0.3 is 5.97 Å². The lowest BCUT2D eigenvalue weighted by atomic mass is 10.0. The van der Waals surface area contributed by atoms with Crippen LogP contribution in [0.5, 0.6) is 5.75 Å². The molecule has 0 spiro atoms. The lowest BCUT2D eigenvalue weighted by Crippen LogP contribution is -2.33. The fourth-order valence-corrected chi connectivity index (χ4v) is 2.67. The summed E-state index contributed by atoms with van der Waals surface area (Å²) in [5.41, 5.74) is 0.870. The first-order valence-corrected chi connectivity index (χ1v) is 7.26. The summed E-state index contributed by atoms with van der Waals surface area (Å²) in [6.45, 7) is 0.581. The number of ether oxygens (including phenoxy) is 2. The summed E-state index contributed by atoms with van der Waals surface area (Å²) < 4.78 is 10.2. The molecule has 1 heterocycles. The summed E-state index contributed by atoms with van der Waals surface area (Å²) in [6.07, 6.45) is 1.08. The van der Waals surface area contributed by atoms with Crippen LogP contribution in [0.25, 0.3) is 0 Å². The van der Waals surface area contributed by atoms with E-state index < -0.39 is 4.51 Å². The number of benzene rings is 1. The standard InChI is InChI=1S/C12H12Br2O3/c13-6-3-7-16-12(14)8-11(15)17-10-5-2-1-4-9(10)12/h1-2,4-5H,3,6-8H2. The van der Waals surface area contributed by atoms with Crippen LogP contribution in [-0.2, 0) is 14.0 Å². The van der Waals surface area contributed by atoms with Crippen LogP contribution in [0, 0.1) is 0 Å². The molecule has 0 saturated heterocycles. The molecule has 1 aliphatic heterocycles. The second-order valence-electron chi connectivity index (χ2n) is 3.77. The van der Waals surface area contributed by atoms with Gasteiger partial charge in [0.1, 0.15) is 5.75 Å². The topological polar surface area (TPSA) is 35.5 Å². The Morgan fingerprint density at radius 1 is 1.41 bits per heavy atom. The zero-order chi connectivity index (χ0) is 12.3. The molecule has 3 nitrogen and oxygen atoms in total. The molecule has 92 valence electrons. The molecule has 2 rings (SSSR count). The van der Waals surface area contributed by atoms with Crippen LogP contribution in [0.1, 0.15) is 18.4 Å². The highest BCUT2D eigenvalue weighted by Crippen LogP contribution is 2.44. The second-order valence-corrected chi connectivity index (χ2v) is 5.84. The van der Waals surface area contributed by atoms with Gasteiger partial charge in [0.25, 0.3) is 0 Å². The Bertz CT molecular complexity index is 422. The van der Waals surface area contributed by atoms with Crippen molar-refractivity contribution in [3.63, 3.8) is 0 Å². The average molecular weight is 364 g/mol. The summed E-state index contributed by atoms with van der Waals surface area (Å²) in [6, 6.07) is 7.42. The molecule has 0 N–H and O–H groups in total. The molecule has 1 aromatic rings. The van der Waals surface area contributed by atoms with Crippen LogP contribution in [0.2, 0.25) is 0 Å². The number of alkyl halides is 2. The van der Waals surface area contributed by atoms with Crippen molar-refractivity contribution >= 4 is 37.8 Å². The third-order valence-corrected chi connectivity index (χ3v) is 3.99. The zero-order valence-corrected chi connectivity index (χ0v) is 12.3. The molecule has 17 heavy (non-hydrogen) atoms. The van der Waals surface area contributed by atoms with Gasteiger partial charge in [0.2, 0.25) is 0 Å². The van der Waals surface area contributed by atoms with Gasteiger partial charge in [-0.05, 0) is 28.4 Å². The molecule has 0 bridgehead atoms. The van der Waals surface area contributed by atoms with Crippen LogP contribution < -0.4 is 4.74 Å². The Morgan fingerprint density at radius 2 is 2.18 bits per heavy atom. The minimum Gasteiger partial charge on any atom is -0.426 e. The van der Waals surface area contributed by atoms with Crippen molar-refractivity contribution in [1.29, 1.82) is 0 Å². The van der Waals surface area contributed by atoms with Crippen LogP contribution >= 0.6 is 31.9 Å². The fraction of sp³-hybridized carbons (Fsp3) is 0.417. The van der Waals surface area contributed by atoms with Gasteiger partial charge in [0.05, 0.1) is 6.42 Å². The van der Waals surface area contributed by atoms with Crippen molar-refractivity contribution in [1.82, 2.24) is 0 Å². The van der Waals surface area contributed by atoms with Crippen LogP contribution in [0.3, 0.4) is 0 Å². The van der Waals surface area contributed by atoms with E-state index in [1.165, 1.54) is 0 Å². The van der Waals surface area contributed by atoms with Crippen molar-refractivity contribution in [3.8, 4) is 5.75 Å². The van der Waals surface area contributed by atoms with E-state index in [0.717, 1.165) is 17.3 Å². The van der Waals surface area contributed by atoms with E-state index in [-0.39, 0.29) is 12.4 Å². The third-order valence-electron chi connectivity index (χ3n) is 2.49. The first-order valence-electron chi connectivity index (χ1n) is 5.35. The number of rotatable bonds is 4. The van der Waals surface area contributed by atoms with Gasteiger partial charge in [-0.1, -0.05) is 34.1 Å². The molecular weight excluding hydrogens is 352 g/mol. The molecule has 0 saturated carbocycles. The quantitative estimate of drug-likeness (QED) is 0.356. The van der Waals surface area contributed by atoms with Crippen molar-refractivity contribution < 1.29 is 14.3 Å².